The van der Waals surface area contributed by atoms with Crippen molar-refractivity contribution >= 4 is 0 Å². The first kappa shape index (κ1) is 10.4. The maximum absolute atomic E-state index is 5.62. The molecule has 1 fully saturated rings. The summed E-state index contributed by atoms with van der Waals surface area (Å²) in [7, 11) is 0. The minimum Gasteiger partial charge on any atom is -0.271 e. The topological polar surface area (TPSA) is 38.0 Å². The number of nitrogens with two attached hydrogens (primary N) is 1. The summed E-state index contributed by atoms with van der Waals surface area (Å²) in [5, 5.41) is 0. The van der Waals surface area contributed by atoms with Crippen LogP contribution in [-0.2, 0) is 5.41 Å². The molecule has 0 bridgehead atoms. The molecular formula is C13H18N2. The number of hydrogen-bond donors (Lipinski definition) is 2. The smallest absolute Gasteiger partial charge is 0.0341 e. The van der Waals surface area contributed by atoms with E-state index in [9.17, 15) is 0 Å². The Hall–Kier alpha value is -1.12. The van der Waals surface area contributed by atoms with Gasteiger partial charge in [0.1, 0.15) is 0 Å². The summed E-state index contributed by atoms with van der Waals surface area (Å²) in [5.74, 6) is 5.62. The van der Waals surface area contributed by atoms with Crippen LogP contribution in [0.3, 0.4) is 0 Å². The maximum atomic E-state index is 5.62. The van der Waals surface area contributed by atoms with Crippen molar-refractivity contribution in [2.24, 2.45) is 5.84 Å². The van der Waals surface area contributed by atoms with Gasteiger partial charge in [0.15, 0.2) is 0 Å². The first-order chi connectivity index (χ1) is 7.33. The van der Waals surface area contributed by atoms with Crippen molar-refractivity contribution < 1.29 is 0 Å². The molecule has 1 saturated carbocycles. The maximum Gasteiger partial charge on any atom is 0.0341 e. The van der Waals surface area contributed by atoms with Gasteiger partial charge in [0.05, 0.1) is 0 Å². The van der Waals surface area contributed by atoms with Crippen LogP contribution in [0.5, 0.6) is 0 Å². The van der Waals surface area contributed by atoms with Crippen LogP contribution in [0.2, 0.25) is 0 Å². The van der Waals surface area contributed by atoms with Gasteiger partial charge in [-0.05, 0) is 24.8 Å². The molecule has 1 aromatic rings. The van der Waals surface area contributed by atoms with Gasteiger partial charge in [-0.3, -0.25) is 11.3 Å². The second-order valence-electron chi connectivity index (χ2n) is 4.27. The lowest BCUT2D eigenvalue weighted by Gasteiger charge is -2.25. The molecule has 1 atom stereocenters. The number of benzene rings is 1. The molecule has 0 spiro atoms. The third-order valence-electron chi connectivity index (χ3n) is 3.41. The highest BCUT2D eigenvalue weighted by molar-refractivity contribution is 5.34. The van der Waals surface area contributed by atoms with Crippen molar-refractivity contribution in [3.63, 3.8) is 0 Å². The lowest BCUT2D eigenvalue weighted by molar-refractivity contribution is 0.427. The van der Waals surface area contributed by atoms with Crippen molar-refractivity contribution in [3.8, 4) is 0 Å². The van der Waals surface area contributed by atoms with Crippen LogP contribution in [0.15, 0.2) is 43.0 Å². The summed E-state index contributed by atoms with van der Waals surface area (Å²) in [6.07, 6.45) is 5.30. The van der Waals surface area contributed by atoms with Gasteiger partial charge in [-0.15, -0.1) is 6.58 Å². The minimum atomic E-state index is 0.254. The zero-order valence-corrected chi connectivity index (χ0v) is 8.95. The molecule has 80 valence electrons. The zero-order valence-electron chi connectivity index (χ0n) is 8.95. The Balaban J connectivity index is 2.23. The number of nitrogens with one attached hydrogen (secondary N) is 1. The van der Waals surface area contributed by atoms with Gasteiger partial charge < -0.3 is 0 Å². The average molecular weight is 202 g/mol. The van der Waals surface area contributed by atoms with E-state index in [0.29, 0.717) is 6.04 Å². The molecule has 15 heavy (non-hydrogen) atoms. The zero-order chi connectivity index (χ0) is 10.7. The van der Waals surface area contributed by atoms with Crippen molar-refractivity contribution in [1.82, 2.24) is 5.43 Å². The molecule has 0 aliphatic heterocycles. The normalized spacial score (nSPS) is 19.5. The van der Waals surface area contributed by atoms with Crippen LogP contribution in [0.25, 0.3) is 0 Å². The van der Waals surface area contributed by atoms with E-state index in [4.69, 9.17) is 5.84 Å². The molecular weight excluding hydrogens is 184 g/mol. The van der Waals surface area contributed by atoms with Gasteiger partial charge in [0.2, 0.25) is 0 Å². The largest absolute Gasteiger partial charge is 0.271 e. The van der Waals surface area contributed by atoms with Crippen LogP contribution in [0.4, 0.5) is 0 Å². The molecule has 0 aromatic heterocycles. The predicted molar refractivity (Wildman–Crippen MR) is 63.3 cm³/mol. The summed E-state index contributed by atoms with van der Waals surface area (Å²) in [6.45, 7) is 3.79. The molecule has 0 radical (unpaired) electrons. The average Bonchev–Trinajstić information content (AvgIpc) is 3.08. The standard InChI is InChI=1S/C13H18N2/c1-2-6-12(15-14)13(9-10-13)11-7-4-3-5-8-11/h2-5,7-8,12,15H,1,6,9-10,14H2. The van der Waals surface area contributed by atoms with E-state index >= 15 is 0 Å². The highest BCUT2D eigenvalue weighted by atomic mass is 15.2. The Morgan fingerprint density at radius 2 is 2.07 bits per heavy atom. The summed E-state index contributed by atoms with van der Waals surface area (Å²) in [6, 6.07) is 10.9. The van der Waals surface area contributed by atoms with Gasteiger partial charge in [-0.2, -0.15) is 0 Å². The molecule has 2 nitrogen and oxygen atoms in total. The van der Waals surface area contributed by atoms with Crippen LogP contribution in [0, 0.1) is 0 Å². The summed E-state index contributed by atoms with van der Waals surface area (Å²) in [4.78, 5) is 0. The second-order valence-corrected chi connectivity index (χ2v) is 4.27. The van der Waals surface area contributed by atoms with E-state index in [1.54, 1.807) is 0 Å². The highest BCUT2D eigenvalue weighted by Crippen LogP contribution is 2.51. The van der Waals surface area contributed by atoms with Crippen molar-refractivity contribution in [3.05, 3.63) is 48.6 Å². The van der Waals surface area contributed by atoms with Crippen LogP contribution >= 0.6 is 0 Å². The van der Waals surface area contributed by atoms with Crippen LogP contribution in [0.1, 0.15) is 24.8 Å². The van der Waals surface area contributed by atoms with Crippen molar-refractivity contribution in [2.75, 3.05) is 0 Å². The van der Waals surface area contributed by atoms with E-state index < -0.39 is 0 Å². The third kappa shape index (κ3) is 1.83. The van der Waals surface area contributed by atoms with E-state index in [1.807, 2.05) is 6.08 Å². The first-order valence-electron chi connectivity index (χ1n) is 5.46. The van der Waals surface area contributed by atoms with Gasteiger partial charge >= 0.3 is 0 Å². The van der Waals surface area contributed by atoms with E-state index in [1.165, 1.54) is 18.4 Å². The summed E-state index contributed by atoms with van der Waals surface area (Å²) < 4.78 is 0. The molecule has 1 aromatic carbocycles. The molecule has 2 rings (SSSR count). The molecule has 1 unspecified atom stereocenters. The Bertz CT molecular complexity index is 328. The summed E-state index contributed by atoms with van der Waals surface area (Å²) in [5.41, 5.74) is 4.59. The Kier molecular flexibility index (Phi) is 2.89. The van der Waals surface area contributed by atoms with Crippen LogP contribution < -0.4 is 11.3 Å². The van der Waals surface area contributed by atoms with Crippen LogP contribution in [-0.4, -0.2) is 6.04 Å². The SMILES string of the molecule is C=CCC(NN)C1(c2ccccc2)CC1. The van der Waals surface area contributed by atoms with Gasteiger partial charge in [-0.25, -0.2) is 0 Å². The Morgan fingerprint density at radius 3 is 2.53 bits per heavy atom. The monoisotopic (exact) mass is 202 g/mol. The predicted octanol–water partition coefficient (Wildman–Crippen LogP) is 2.13. The fraction of sp³-hybridized carbons (Fsp3) is 0.385. The van der Waals surface area contributed by atoms with E-state index in [0.717, 1.165) is 6.42 Å². The molecule has 0 heterocycles. The number of hydrogen-bond acceptors (Lipinski definition) is 2. The number of hydrazine groups is 1. The van der Waals surface area contributed by atoms with Gasteiger partial charge in [-0.1, -0.05) is 36.4 Å². The Morgan fingerprint density at radius 1 is 1.40 bits per heavy atom. The molecule has 0 saturated heterocycles. The summed E-state index contributed by atoms with van der Waals surface area (Å²) >= 11 is 0. The quantitative estimate of drug-likeness (QED) is 0.436. The third-order valence-corrected chi connectivity index (χ3v) is 3.41. The van der Waals surface area contributed by atoms with Crippen molar-refractivity contribution in [1.29, 1.82) is 0 Å². The van der Waals surface area contributed by atoms with E-state index in [2.05, 4.69) is 42.3 Å². The fourth-order valence-corrected chi connectivity index (χ4v) is 2.36. The molecule has 3 N–H and O–H groups in total. The Labute approximate surface area is 91.2 Å². The van der Waals surface area contributed by atoms with E-state index in [-0.39, 0.29) is 5.41 Å². The molecule has 1 aliphatic carbocycles. The van der Waals surface area contributed by atoms with Crippen molar-refractivity contribution in [2.45, 2.75) is 30.7 Å². The second kappa shape index (κ2) is 4.17. The highest BCUT2D eigenvalue weighted by Gasteiger charge is 2.49. The lowest BCUT2D eigenvalue weighted by Crippen LogP contribution is -2.43. The first-order valence-corrected chi connectivity index (χ1v) is 5.46. The molecule has 1 aliphatic rings. The molecule has 2 heteroatoms. The molecule has 0 amide bonds. The van der Waals surface area contributed by atoms with Gasteiger partial charge in [0, 0.05) is 11.5 Å². The fourth-order valence-electron chi connectivity index (χ4n) is 2.36. The number of rotatable bonds is 5. The lowest BCUT2D eigenvalue weighted by atomic mass is 9.86. The van der Waals surface area contributed by atoms with Gasteiger partial charge in [0.25, 0.3) is 0 Å². The minimum absolute atomic E-state index is 0.254.